The summed E-state index contributed by atoms with van der Waals surface area (Å²) < 4.78 is 50.1. The van der Waals surface area contributed by atoms with E-state index < -0.39 is 94.4 Å². The molecule has 8 heterocycles. The normalized spacial score (nSPS) is 19.5. The van der Waals surface area contributed by atoms with Crippen molar-refractivity contribution >= 4 is 61.0 Å². The fraction of sp³-hybridized carbons (Fsp3) is 0.492. The Morgan fingerprint density at radius 2 is 1.15 bits per heavy atom. The number of thiophene rings is 2. The zero-order chi connectivity index (χ0) is 67.4. The molecule has 0 spiro atoms. The molecule has 8 aromatic rings. The van der Waals surface area contributed by atoms with Gasteiger partial charge in [0, 0.05) is 24.3 Å². The van der Waals surface area contributed by atoms with E-state index in [-0.39, 0.29) is 60.0 Å². The number of aliphatic hydroxyl groups excluding tert-OH is 3. The molecule has 0 bridgehead atoms. The van der Waals surface area contributed by atoms with Gasteiger partial charge >= 0.3 is 29.3 Å². The first-order chi connectivity index (χ1) is 44.4. The molecule has 3 aliphatic rings. The van der Waals surface area contributed by atoms with Crippen LogP contribution in [0, 0.1) is 13.8 Å². The SMILES string of the molecule is C.CC.COc1ccccc1[C@H](Cn1c(=O)n(C(C)(C)C(=O)OC2OC(C(=O)O)C(O)C(O)C2O)c(=O)c2c(C)c(-c3ncco3)sc21)OC1CCOCC1.Cc1c(-c2ncco2)sc2c1c(=O)n(C(C)(C)C(=O)O)c(=O)n2C[C@H](OC1CCCCC1)c1ccccc1O. The number of carbonyl (C=O) groups is 3. The second-order valence-electron chi connectivity index (χ2n) is 23.4. The quantitative estimate of drug-likeness (QED) is 0.0421. The molecular formula is C65H80N6O21S2. The number of fused-ring (bicyclic) bond motifs is 2. The van der Waals surface area contributed by atoms with E-state index in [0.717, 1.165) is 48.0 Å². The number of aliphatic hydroxyl groups is 3. The first kappa shape index (κ1) is 71.7. The number of hydrogen-bond donors (Lipinski definition) is 6. The molecule has 6 aromatic heterocycles. The topological polar surface area (TPSA) is 368 Å². The summed E-state index contributed by atoms with van der Waals surface area (Å²) in [5.74, 6) is -3.25. The van der Waals surface area contributed by atoms with Crippen LogP contribution in [0.4, 0.5) is 0 Å². The molecule has 0 amide bonds. The minimum atomic E-state index is -2.12. The van der Waals surface area contributed by atoms with Gasteiger partial charge < -0.3 is 67.9 Å². The molecule has 2 aromatic carbocycles. The molecule has 6 N–H and O–H groups in total. The van der Waals surface area contributed by atoms with Gasteiger partial charge in [-0.15, -0.1) is 22.7 Å². The smallest absolute Gasteiger partial charge is 0.335 e. The van der Waals surface area contributed by atoms with Gasteiger partial charge in [0.15, 0.2) is 6.10 Å². The van der Waals surface area contributed by atoms with Crippen LogP contribution >= 0.6 is 22.7 Å². The summed E-state index contributed by atoms with van der Waals surface area (Å²) in [6.45, 7) is 13.3. The molecule has 11 rings (SSSR count). The fourth-order valence-corrected chi connectivity index (χ4v) is 14.1. The van der Waals surface area contributed by atoms with Gasteiger partial charge in [-0.05, 0) is 90.5 Å². The molecule has 5 unspecified atom stereocenters. The molecule has 0 radical (unpaired) electrons. The number of aromatic nitrogens is 6. The van der Waals surface area contributed by atoms with Crippen LogP contribution in [0.2, 0.25) is 0 Å². The predicted octanol–water partition coefficient (Wildman–Crippen LogP) is 7.77. The Hall–Kier alpha value is -8.13. The van der Waals surface area contributed by atoms with Crippen molar-refractivity contribution in [2.45, 2.75) is 187 Å². The first-order valence-electron chi connectivity index (χ1n) is 30.4. The lowest BCUT2D eigenvalue weighted by Gasteiger charge is -2.39. The van der Waals surface area contributed by atoms with Gasteiger partial charge in [-0.1, -0.05) is 76.9 Å². The Morgan fingerprint density at radius 1 is 0.670 bits per heavy atom. The van der Waals surface area contributed by atoms with Gasteiger partial charge in [0.2, 0.25) is 18.1 Å². The number of phenolic OH excluding ortho intramolecular Hbond substituents is 1. The summed E-state index contributed by atoms with van der Waals surface area (Å²) in [4.78, 5) is 105. The minimum absolute atomic E-state index is 0. The Labute approximate surface area is 546 Å². The van der Waals surface area contributed by atoms with Crippen molar-refractivity contribution in [1.29, 1.82) is 0 Å². The van der Waals surface area contributed by atoms with E-state index in [1.165, 1.54) is 80.2 Å². The van der Waals surface area contributed by atoms with E-state index >= 15 is 0 Å². The minimum Gasteiger partial charge on any atom is -0.508 e. The number of phenols is 1. The van der Waals surface area contributed by atoms with Crippen LogP contribution in [0.25, 0.3) is 42.0 Å². The highest BCUT2D eigenvalue weighted by Gasteiger charge is 2.50. The van der Waals surface area contributed by atoms with Crippen LogP contribution in [0.5, 0.6) is 11.5 Å². The van der Waals surface area contributed by atoms with E-state index in [4.69, 9.17) is 37.3 Å². The van der Waals surface area contributed by atoms with Gasteiger partial charge in [-0.3, -0.25) is 18.7 Å². The highest BCUT2D eigenvalue weighted by Crippen LogP contribution is 2.41. The third kappa shape index (κ3) is 14.1. The number of oxazole rings is 2. The van der Waals surface area contributed by atoms with E-state index in [1.807, 2.05) is 19.9 Å². The summed E-state index contributed by atoms with van der Waals surface area (Å²) in [5.41, 5.74) is -5.07. The number of aliphatic carboxylic acids is 2. The van der Waals surface area contributed by atoms with Gasteiger partial charge in [0.1, 0.15) is 75.3 Å². The molecule has 94 heavy (non-hydrogen) atoms. The van der Waals surface area contributed by atoms with Crippen molar-refractivity contribution in [2.75, 3.05) is 20.3 Å². The number of esters is 1. The molecular weight excluding hydrogens is 1260 g/mol. The van der Waals surface area contributed by atoms with Crippen LogP contribution in [0.15, 0.2) is 101 Å². The summed E-state index contributed by atoms with van der Waals surface area (Å²) in [6.07, 6.45) is -0.224. The van der Waals surface area contributed by atoms with Crippen LogP contribution in [0.3, 0.4) is 0 Å². The summed E-state index contributed by atoms with van der Waals surface area (Å²) in [7, 11) is 1.51. The summed E-state index contributed by atoms with van der Waals surface area (Å²) in [5, 5.41) is 61.3. The van der Waals surface area contributed by atoms with Crippen molar-refractivity contribution < 1.29 is 82.3 Å². The Balaban J connectivity index is 0.000000241. The second kappa shape index (κ2) is 30.1. The third-order valence-corrected chi connectivity index (χ3v) is 19.4. The summed E-state index contributed by atoms with van der Waals surface area (Å²) >= 11 is 2.28. The molecule has 1 aliphatic carbocycles. The van der Waals surface area contributed by atoms with Crippen molar-refractivity contribution in [2.24, 2.45) is 0 Å². The standard InChI is InChI=1S/C34H39N3O14S.C28H31N3O7S.C2H6.CH4/c1-16-21-28(41)37(34(2,3)32(44)51-31-24(40)22(38)23(39)25(50-31)30(42)43)33(45)36(29(21)52-26(16)27-35-11-14-48-27)15-20(49-17-9-12-47-13-10-17)18-7-5-6-8-19(18)46-4;1-16-21-24(33)31(28(2,3)26(34)35)27(36)30(25(21)39-22(16)23-29-13-14-37-23)15-20(18-11-7-8-12-19(18)32)38-17-9-5-4-6-10-17;1-2;/h5-8,11,14,17,20,22-25,31,38-40H,9-10,12-13,15H2,1-4H3,(H,42,43);7-8,11-14,17,20,32H,4-6,9-10,15H2,1-3H3,(H,34,35);1-2H3;1H4/t20-,22?,23?,24?,25?,31?;20-;;/m00../s1. The van der Waals surface area contributed by atoms with Gasteiger partial charge in [0.25, 0.3) is 11.1 Å². The summed E-state index contributed by atoms with van der Waals surface area (Å²) in [6, 6.07) is 14.0. The number of carboxylic acid groups (broad SMARTS) is 2. The van der Waals surface area contributed by atoms with Gasteiger partial charge in [-0.2, -0.15) is 0 Å². The van der Waals surface area contributed by atoms with Crippen LogP contribution in [0.1, 0.15) is 128 Å². The van der Waals surface area contributed by atoms with Gasteiger partial charge in [-0.25, -0.2) is 43.1 Å². The van der Waals surface area contributed by atoms with Crippen molar-refractivity contribution in [3.63, 3.8) is 0 Å². The third-order valence-electron chi connectivity index (χ3n) is 16.8. The van der Waals surface area contributed by atoms with E-state index in [1.54, 1.807) is 56.3 Å². The zero-order valence-corrected chi connectivity index (χ0v) is 54.3. The number of ether oxygens (including phenoxy) is 6. The largest absolute Gasteiger partial charge is 0.508 e. The van der Waals surface area contributed by atoms with Crippen LogP contribution < -0.4 is 27.2 Å². The molecule has 27 nitrogen and oxygen atoms in total. The number of methoxy groups -OCH3 is 1. The maximum Gasteiger partial charge on any atom is 0.335 e. The van der Waals surface area contributed by atoms with E-state index in [2.05, 4.69) is 9.97 Å². The first-order valence-corrected chi connectivity index (χ1v) is 32.0. The average molecular weight is 1350 g/mol. The highest BCUT2D eigenvalue weighted by atomic mass is 32.1. The Morgan fingerprint density at radius 3 is 1.63 bits per heavy atom. The number of carbonyl (C=O) groups excluding carboxylic acids is 1. The molecule has 508 valence electrons. The maximum atomic E-state index is 14.7. The number of aryl methyl sites for hydroxylation is 2. The van der Waals surface area contributed by atoms with Crippen LogP contribution in [-0.2, 0) is 62.2 Å². The molecule has 3 fully saturated rings. The zero-order valence-electron chi connectivity index (χ0n) is 52.7. The highest BCUT2D eigenvalue weighted by molar-refractivity contribution is 7.22. The van der Waals surface area contributed by atoms with E-state index in [0.29, 0.717) is 79.1 Å². The molecule has 29 heteroatoms. The average Bonchev–Trinajstić information content (AvgIpc) is 1.48. The van der Waals surface area contributed by atoms with Crippen molar-refractivity contribution in [3.8, 4) is 33.0 Å². The second-order valence-corrected chi connectivity index (χ2v) is 25.4. The Bertz CT molecular complexity index is 4210. The molecule has 7 atom stereocenters. The van der Waals surface area contributed by atoms with Crippen LogP contribution in [-0.4, -0.2) is 140 Å². The Kier molecular flexibility index (Phi) is 23.0. The van der Waals surface area contributed by atoms with Gasteiger partial charge in [0.05, 0.1) is 65.3 Å². The number of benzene rings is 2. The molecule has 2 aliphatic heterocycles. The molecule has 1 saturated carbocycles. The van der Waals surface area contributed by atoms with Crippen molar-refractivity contribution in [1.82, 2.24) is 28.2 Å². The van der Waals surface area contributed by atoms with Crippen molar-refractivity contribution in [3.05, 3.63) is 137 Å². The lowest BCUT2D eigenvalue weighted by atomic mass is 9.97. The number of hydrogen-bond acceptors (Lipinski definition) is 23. The number of aromatic hydroxyl groups is 1. The van der Waals surface area contributed by atoms with E-state index in [9.17, 15) is 64.2 Å². The lowest BCUT2D eigenvalue weighted by molar-refractivity contribution is -0.288. The monoisotopic (exact) mass is 1340 g/mol. The lowest BCUT2D eigenvalue weighted by Crippen LogP contribution is -2.62. The predicted molar refractivity (Wildman–Crippen MR) is 345 cm³/mol. The number of rotatable bonds is 19. The molecule has 2 saturated heterocycles. The maximum absolute atomic E-state index is 14.7. The number of para-hydroxylation sites is 2. The number of nitrogens with zero attached hydrogens (tertiary/aromatic N) is 6. The fourth-order valence-electron chi connectivity index (χ4n) is 11.6. The number of carboxylic acids is 2.